The van der Waals surface area contributed by atoms with Crippen LogP contribution in [-0.4, -0.2) is 24.0 Å². The molecule has 1 saturated carbocycles. The number of hydrogen-bond donors (Lipinski definition) is 1. The van der Waals surface area contributed by atoms with E-state index in [2.05, 4.69) is 22.4 Å². The molecule has 0 unspecified atom stereocenters. The Morgan fingerprint density at radius 3 is 2.70 bits per heavy atom. The normalized spacial score (nSPS) is 20.7. The lowest BCUT2D eigenvalue weighted by Gasteiger charge is -2.30. The first-order valence-corrected chi connectivity index (χ1v) is 8.12. The maximum Gasteiger partial charge on any atom is 0.270 e. The molecule has 0 spiro atoms. The summed E-state index contributed by atoms with van der Waals surface area (Å²) in [4.78, 5) is 16.4. The highest BCUT2D eigenvalue weighted by atomic mass is 16.5. The van der Waals surface area contributed by atoms with Gasteiger partial charge in [0, 0.05) is 12.2 Å². The Bertz CT molecular complexity index is 640. The minimum Gasteiger partial charge on any atom is -0.497 e. The van der Waals surface area contributed by atoms with Crippen LogP contribution in [0, 0.1) is 0 Å². The molecule has 4 nitrogen and oxygen atoms in total. The van der Waals surface area contributed by atoms with Crippen LogP contribution in [0.25, 0.3) is 0 Å². The lowest BCUT2D eigenvalue weighted by Crippen LogP contribution is -2.38. The minimum atomic E-state index is -0.0778. The number of amides is 1. The third-order valence-corrected chi connectivity index (χ3v) is 4.49. The molecule has 1 N–H and O–H groups in total. The summed E-state index contributed by atoms with van der Waals surface area (Å²) in [6.07, 6.45) is 5.96. The second kappa shape index (κ2) is 7.27. The van der Waals surface area contributed by atoms with Crippen molar-refractivity contribution in [3.63, 3.8) is 0 Å². The molecular weight excluding hydrogens is 288 g/mol. The zero-order valence-electron chi connectivity index (χ0n) is 13.4. The number of rotatable bonds is 4. The molecule has 3 rings (SSSR count). The Morgan fingerprint density at radius 2 is 2.00 bits per heavy atom. The van der Waals surface area contributed by atoms with E-state index in [-0.39, 0.29) is 11.9 Å². The molecule has 4 heteroatoms. The van der Waals surface area contributed by atoms with Gasteiger partial charge in [-0.15, -0.1) is 0 Å². The van der Waals surface area contributed by atoms with E-state index in [0.717, 1.165) is 25.0 Å². The number of aromatic nitrogens is 1. The highest BCUT2D eigenvalue weighted by Crippen LogP contribution is 2.33. The van der Waals surface area contributed by atoms with Crippen molar-refractivity contribution < 1.29 is 9.53 Å². The average molecular weight is 310 g/mol. The fourth-order valence-corrected chi connectivity index (χ4v) is 3.26. The van der Waals surface area contributed by atoms with Gasteiger partial charge in [0.2, 0.25) is 0 Å². The van der Waals surface area contributed by atoms with Crippen LogP contribution in [0.5, 0.6) is 5.75 Å². The van der Waals surface area contributed by atoms with Crippen LogP contribution >= 0.6 is 0 Å². The van der Waals surface area contributed by atoms with Crippen molar-refractivity contribution in [2.24, 2.45) is 0 Å². The van der Waals surface area contributed by atoms with Gasteiger partial charge < -0.3 is 10.1 Å². The van der Waals surface area contributed by atoms with Crippen molar-refractivity contribution in [1.29, 1.82) is 0 Å². The Balaban J connectivity index is 1.62. The summed E-state index contributed by atoms with van der Waals surface area (Å²) in [7, 11) is 1.68. The maximum absolute atomic E-state index is 12.2. The highest BCUT2D eigenvalue weighted by molar-refractivity contribution is 5.92. The van der Waals surface area contributed by atoms with Crippen LogP contribution < -0.4 is 10.1 Å². The number of hydrogen-bond acceptors (Lipinski definition) is 3. The number of nitrogens with zero attached hydrogens (tertiary/aromatic N) is 1. The Kier molecular flexibility index (Phi) is 4.91. The molecular formula is C19H22N2O2. The second-order valence-corrected chi connectivity index (χ2v) is 6.02. The molecule has 1 aromatic heterocycles. The van der Waals surface area contributed by atoms with E-state index in [1.807, 2.05) is 24.3 Å². The van der Waals surface area contributed by atoms with E-state index < -0.39 is 0 Å². The van der Waals surface area contributed by atoms with Crippen molar-refractivity contribution >= 4 is 5.91 Å². The van der Waals surface area contributed by atoms with Crippen LogP contribution in [-0.2, 0) is 0 Å². The number of carbonyl (C=O) groups excluding carboxylic acids is 1. The quantitative estimate of drug-likeness (QED) is 0.939. The summed E-state index contributed by atoms with van der Waals surface area (Å²) in [5.41, 5.74) is 1.81. The highest BCUT2D eigenvalue weighted by Gasteiger charge is 2.25. The summed E-state index contributed by atoms with van der Waals surface area (Å²) >= 11 is 0. The molecule has 1 aliphatic rings. The molecule has 0 bridgehead atoms. The van der Waals surface area contributed by atoms with Gasteiger partial charge >= 0.3 is 0 Å². The van der Waals surface area contributed by atoms with Crippen molar-refractivity contribution in [2.45, 2.75) is 37.6 Å². The fraction of sp³-hybridized carbons (Fsp3) is 0.368. The molecule has 1 heterocycles. The van der Waals surface area contributed by atoms with Crippen LogP contribution in [0.3, 0.4) is 0 Å². The number of nitrogens with one attached hydrogen (secondary N) is 1. The zero-order chi connectivity index (χ0) is 16.1. The summed E-state index contributed by atoms with van der Waals surface area (Å²) in [6.45, 7) is 0. The first-order valence-electron chi connectivity index (χ1n) is 8.12. The van der Waals surface area contributed by atoms with Gasteiger partial charge in [-0.25, -0.2) is 0 Å². The Labute approximate surface area is 136 Å². The third-order valence-electron chi connectivity index (χ3n) is 4.49. The van der Waals surface area contributed by atoms with Gasteiger partial charge in [-0.2, -0.15) is 0 Å². The number of benzene rings is 1. The average Bonchev–Trinajstić information content (AvgIpc) is 2.63. The van der Waals surface area contributed by atoms with Crippen molar-refractivity contribution in [2.75, 3.05) is 7.11 Å². The largest absolute Gasteiger partial charge is 0.497 e. The molecule has 1 aliphatic carbocycles. The standard InChI is InChI=1S/C19H22N2O2/c1-23-17-10-8-14(9-11-17)15-5-4-6-16(13-15)21-19(22)18-7-2-3-12-20-18/h2-3,7-12,15-16H,4-6,13H2,1H3,(H,21,22)/t15-,16+/m1/s1. The molecule has 1 fully saturated rings. The van der Waals surface area contributed by atoms with Gasteiger partial charge in [-0.3, -0.25) is 9.78 Å². The summed E-state index contributed by atoms with van der Waals surface area (Å²) < 4.78 is 5.22. The topological polar surface area (TPSA) is 51.2 Å². The van der Waals surface area contributed by atoms with E-state index >= 15 is 0 Å². The molecule has 1 aromatic carbocycles. The van der Waals surface area contributed by atoms with Gasteiger partial charge in [0.05, 0.1) is 7.11 Å². The third kappa shape index (κ3) is 3.89. The van der Waals surface area contributed by atoms with Crippen molar-refractivity contribution in [1.82, 2.24) is 10.3 Å². The van der Waals surface area contributed by atoms with E-state index in [9.17, 15) is 4.79 Å². The van der Waals surface area contributed by atoms with Crippen LogP contribution in [0.15, 0.2) is 48.7 Å². The fourth-order valence-electron chi connectivity index (χ4n) is 3.26. The van der Waals surface area contributed by atoms with Crippen LogP contribution in [0.4, 0.5) is 0 Å². The molecule has 0 aliphatic heterocycles. The first kappa shape index (κ1) is 15.5. The predicted molar refractivity (Wildman–Crippen MR) is 89.7 cm³/mol. The van der Waals surface area contributed by atoms with Crippen molar-refractivity contribution in [3.05, 3.63) is 59.9 Å². The Morgan fingerprint density at radius 1 is 1.17 bits per heavy atom. The summed E-state index contributed by atoms with van der Waals surface area (Å²) in [5.74, 6) is 1.29. The molecule has 0 radical (unpaired) electrons. The molecule has 1 amide bonds. The smallest absolute Gasteiger partial charge is 0.270 e. The molecule has 2 atom stereocenters. The number of pyridine rings is 1. The van der Waals surface area contributed by atoms with Crippen LogP contribution in [0.1, 0.15) is 47.7 Å². The van der Waals surface area contributed by atoms with Gasteiger partial charge in [0.1, 0.15) is 11.4 Å². The predicted octanol–water partition coefficient (Wildman–Crippen LogP) is 3.55. The number of carbonyl (C=O) groups is 1. The van der Waals surface area contributed by atoms with Gasteiger partial charge in [-0.1, -0.05) is 24.6 Å². The number of ether oxygens (including phenoxy) is 1. The summed E-state index contributed by atoms with van der Waals surface area (Å²) in [5, 5.41) is 3.13. The van der Waals surface area contributed by atoms with Gasteiger partial charge in [0.15, 0.2) is 0 Å². The maximum atomic E-state index is 12.2. The SMILES string of the molecule is COc1ccc([C@@H]2CCC[C@H](NC(=O)c3ccccn3)C2)cc1. The van der Waals surface area contributed by atoms with E-state index in [1.54, 1.807) is 19.4 Å². The monoisotopic (exact) mass is 310 g/mol. The lowest BCUT2D eigenvalue weighted by atomic mass is 9.81. The van der Waals surface area contributed by atoms with Crippen molar-refractivity contribution in [3.8, 4) is 5.75 Å². The van der Waals surface area contributed by atoms with E-state index in [4.69, 9.17) is 4.74 Å². The number of methoxy groups -OCH3 is 1. The molecule has 120 valence electrons. The molecule has 2 aromatic rings. The second-order valence-electron chi connectivity index (χ2n) is 6.02. The van der Waals surface area contributed by atoms with E-state index in [1.165, 1.54) is 12.0 Å². The molecule has 0 saturated heterocycles. The zero-order valence-corrected chi connectivity index (χ0v) is 13.4. The minimum absolute atomic E-state index is 0.0778. The molecule has 23 heavy (non-hydrogen) atoms. The lowest BCUT2D eigenvalue weighted by molar-refractivity contribution is 0.0920. The van der Waals surface area contributed by atoms with Gasteiger partial charge in [-0.05, 0) is 55.0 Å². The van der Waals surface area contributed by atoms with Crippen LogP contribution in [0.2, 0.25) is 0 Å². The van der Waals surface area contributed by atoms with Gasteiger partial charge in [0.25, 0.3) is 5.91 Å². The summed E-state index contributed by atoms with van der Waals surface area (Å²) in [6, 6.07) is 13.9. The van der Waals surface area contributed by atoms with E-state index in [0.29, 0.717) is 11.6 Å². The first-order chi connectivity index (χ1) is 11.3. The Hall–Kier alpha value is -2.36.